The van der Waals surface area contributed by atoms with Gasteiger partial charge < -0.3 is 5.11 Å². The topological polar surface area (TPSA) is 20.2 Å². The Balaban J connectivity index is 2.67. The molecule has 1 rings (SSSR count). The summed E-state index contributed by atoms with van der Waals surface area (Å²) in [6, 6.07) is 0. The number of aliphatic hydroxyl groups excluding tert-OH is 1. The first-order chi connectivity index (χ1) is 5.06. The van der Waals surface area contributed by atoms with Gasteiger partial charge >= 0.3 is 0 Å². The fraction of sp³-hybridized carbons (Fsp3) is 0.800. The van der Waals surface area contributed by atoms with E-state index in [4.69, 9.17) is 0 Å². The van der Waals surface area contributed by atoms with Gasteiger partial charge in [-0.1, -0.05) is 32.4 Å². The van der Waals surface area contributed by atoms with Crippen molar-refractivity contribution >= 4 is 0 Å². The van der Waals surface area contributed by atoms with Crippen LogP contribution in [-0.4, -0.2) is 11.2 Å². The van der Waals surface area contributed by atoms with E-state index in [-0.39, 0.29) is 11.5 Å². The van der Waals surface area contributed by atoms with Crippen LogP contribution in [0.25, 0.3) is 0 Å². The van der Waals surface area contributed by atoms with E-state index in [9.17, 15) is 5.11 Å². The summed E-state index contributed by atoms with van der Waals surface area (Å²) in [7, 11) is 0. The van der Waals surface area contributed by atoms with E-state index in [0.717, 1.165) is 19.3 Å². The summed E-state index contributed by atoms with van der Waals surface area (Å²) in [6.07, 6.45) is 5.14. The smallest absolute Gasteiger partial charge is 0.0631 e. The average Bonchev–Trinajstić information content (AvgIpc) is 1.95. The lowest BCUT2D eigenvalue weighted by atomic mass is 9.75. The van der Waals surface area contributed by atoms with Gasteiger partial charge in [0.05, 0.1) is 6.10 Å². The first kappa shape index (κ1) is 8.79. The van der Waals surface area contributed by atoms with Gasteiger partial charge in [0.1, 0.15) is 0 Å². The summed E-state index contributed by atoms with van der Waals surface area (Å²) in [5.41, 5.74) is 1.51. The lowest BCUT2D eigenvalue weighted by molar-refractivity contribution is 0.0451. The molecule has 0 spiro atoms. The highest BCUT2D eigenvalue weighted by Gasteiger charge is 2.30. The highest BCUT2D eigenvalue weighted by Crippen LogP contribution is 2.35. The Morgan fingerprint density at radius 3 is 2.73 bits per heavy atom. The molecule has 1 aliphatic carbocycles. The van der Waals surface area contributed by atoms with Crippen molar-refractivity contribution in [2.45, 2.75) is 46.1 Å². The number of hydrogen-bond acceptors (Lipinski definition) is 1. The van der Waals surface area contributed by atoms with Crippen molar-refractivity contribution in [2.75, 3.05) is 0 Å². The third-order valence-corrected chi connectivity index (χ3v) is 2.73. The molecular formula is C10H18O. The number of aliphatic hydroxyl groups is 1. The second kappa shape index (κ2) is 2.98. The van der Waals surface area contributed by atoms with Crippen LogP contribution in [0.5, 0.6) is 0 Å². The third kappa shape index (κ3) is 1.84. The van der Waals surface area contributed by atoms with Crippen LogP contribution in [0.3, 0.4) is 0 Å². The molecule has 0 aromatic heterocycles. The summed E-state index contributed by atoms with van der Waals surface area (Å²) >= 11 is 0. The van der Waals surface area contributed by atoms with E-state index in [1.54, 1.807) is 0 Å². The van der Waals surface area contributed by atoms with E-state index >= 15 is 0 Å². The minimum Gasteiger partial charge on any atom is -0.392 e. The summed E-state index contributed by atoms with van der Waals surface area (Å²) in [6.45, 7) is 6.40. The average molecular weight is 154 g/mol. The maximum absolute atomic E-state index is 9.70. The standard InChI is InChI=1S/C10H18O/c1-4-8-5-6-10(2,3)9(11)7-8/h5,9,11H,4,6-7H2,1-3H3. The van der Waals surface area contributed by atoms with Gasteiger partial charge in [-0.2, -0.15) is 0 Å². The molecule has 0 heterocycles. The maximum atomic E-state index is 9.70. The molecular weight excluding hydrogens is 136 g/mol. The van der Waals surface area contributed by atoms with Gasteiger partial charge in [0.2, 0.25) is 0 Å². The number of allylic oxidation sites excluding steroid dienone is 1. The van der Waals surface area contributed by atoms with Crippen LogP contribution in [0.1, 0.15) is 40.0 Å². The first-order valence-corrected chi connectivity index (χ1v) is 4.42. The van der Waals surface area contributed by atoms with Gasteiger partial charge in [0.15, 0.2) is 0 Å². The van der Waals surface area contributed by atoms with Crippen LogP contribution in [0.4, 0.5) is 0 Å². The summed E-state index contributed by atoms with van der Waals surface area (Å²) in [4.78, 5) is 0. The molecule has 0 aliphatic heterocycles. The van der Waals surface area contributed by atoms with Gasteiger partial charge in [-0.25, -0.2) is 0 Å². The second-order valence-electron chi connectivity index (χ2n) is 4.13. The Morgan fingerprint density at radius 1 is 1.64 bits per heavy atom. The molecule has 11 heavy (non-hydrogen) atoms. The lowest BCUT2D eigenvalue weighted by Crippen LogP contribution is -2.31. The van der Waals surface area contributed by atoms with Crippen molar-refractivity contribution in [1.29, 1.82) is 0 Å². The predicted octanol–water partition coefficient (Wildman–Crippen LogP) is 2.50. The maximum Gasteiger partial charge on any atom is 0.0631 e. The summed E-state index contributed by atoms with van der Waals surface area (Å²) in [5.74, 6) is 0. The van der Waals surface area contributed by atoms with E-state index in [1.807, 2.05) is 0 Å². The molecule has 1 N–H and O–H groups in total. The predicted molar refractivity (Wildman–Crippen MR) is 47.4 cm³/mol. The Bertz CT molecular complexity index is 168. The molecule has 0 aromatic carbocycles. The van der Waals surface area contributed by atoms with Crippen LogP contribution in [-0.2, 0) is 0 Å². The number of rotatable bonds is 1. The van der Waals surface area contributed by atoms with E-state index < -0.39 is 0 Å². The SMILES string of the molecule is CCC1=CCC(C)(C)C(O)C1. The molecule has 1 aliphatic rings. The van der Waals surface area contributed by atoms with Crippen LogP contribution in [0.2, 0.25) is 0 Å². The normalized spacial score (nSPS) is 29.8. The van der Waals surface area contributed by atoms with E-state index in [2.05, 4.69) is 26.8 Å². The molecule has 1 atom stereocenters. The monoisotopic (exact) mass is 154 g/mol. The largest absolute Gasteiger partial charge is 0.392 e. The molecule has 0 amide bonds. The van der Waals surface area contributed by atoms with Gasteiger partial charge in [-0.05, 0) is 24.7 Å². The zero-order valence-corrected chi connectivity index (χ0v) is 7.72. The Labute approximate surface area is 69.1 Å². The van der Waals surface area contributed by atoms with E-state index in [0.29, 0.717) is 0 Å². The third-order valence-electron chi connectivity index (χ3n) is 2.73. The van der Waals surface area contributed by atoms with Crippen LogP contribution < -0.4 is 0 Å². The molecule has 1 nitrogen and oxygen atoms in total. The fourth-order valence-corrected chi connectivity index (χ4v) is 1.44. The summed E-state index contributed by atoms with van der Waals surface area (Å²) < 4.78 is 0. The molecule has 0 fully saturated rings. The molecule has 0 aromatic rings. The first-order valence-electron chi connectivity index (χ1n) is 4.42. The molecule has 1 heteroatoms. The molecule has 0 bridgehead atoms. The molecule has 64 valence electrons. The van der Waals surface area contributed by atoms with Gasteiger partial charge in [-0.15, -0.1) is 0 Å². The Hall–Kier alpha value is -0.300. The van der Waals surface area contributed by atoms with Crippen molar-refractivity contribution in [1.82, 2.24) is 0 Å². The Morgan fingerprint density at radius 2 is 2.27 bits per heavy atom. The lowest BCUT2D eigenvalue weighted by Gasteiger charge is -2.34. The van der Waals surface area contributed by atoms with Crippen molar-refractivity contribution in [3.05, 3.63) is 11.6 Å². The van der Waals surface area contributed by atoms with Gasteiger partial charge in [0, 0.05) is 0 Å². The quantitative estimate of drug-likeness (QED) is 0.575. The second-order valence-corrected chi connectivity index (χ2v) is 4.13. The molecule has 0 saturated heterocycles. The summed E-state index contributed by atoms with van der Waals surface area (Å²) in [5, 5.41) is 9.70. The minimum atomic E-state index is -0.137. The zero-order valence-electron chi connectivity index (χ0n) is 7.72. The highest BCUT2D eigenvalue weighted by atomic mass is 16.3. The van der Waals surface area contributed by atoms with Crippen molar-refractivity contribution in [3.63, 3.8) is 0 Å². The molecule has 1 unspecified atom stereocenters. The number of hydrogen-bond donors (Lipinski definition) is 1. The van der Waals surface area contributed by atoms with Crippen LogP contribution in [0.15, 0.2) is 11.6 Å². The van der Waals surface area contributed by atoms with Crippen molar-refractivity contribution in [3.8, 4) is 0 Å². The minimum absolute atomic E-state index is 0.0959. The van der Waals surface area contributed by atoms with Gasteiger partial charge in [0.25, 0.3) is 0 Å². The fourth-order valence-electron chi connectivity index (χ4n) is 1.44. The molecule has 0 saturated carbocycles. The molecule has 0 radical (unpaired) electrons. The van der Waals surface area contributed by atoms with Crippen molar-refractivity contribution in [2.24, 2.45) is 5.41 Å². The highest BCUT2D eigenvalue weighted by molar-refractivity contribution is 5.10. The van der Waals surface area contributed by atoms with Crippen molar-refractivity contribution < 1.29 is 5.11 Å². The van der Waals surface area contributed by atoms with Crippen LogP contribution >= 0.6 is 0 Å². The zero-order chi connectivity index (χ0) is 8.48. The van der Waals surface area contributed by atoms with Gasteiger partial charge in [-0.3, -0.25) is 0 Å². The van der Waals surface area contributed by atoms with Crippen LogP contribution in [0, 0.1) is 5.41 Å². The Kier molecular flexibility index (Phi) is 2.38. The van der Waals surface area contributed by atoms with E-state index in [1.165, 1.54) is 5.57 Å².